The lowest BCUT2D eigenvalue weighted by Gasteiger charge is -2.20. The smallest absolute Gasteiger partial charge is 0.148 e. The van der Waals surface area contributed by atoms with E-state index in [9.17, 15) is 4.39 Å². The van der Waals surface area contributed by atoms with Gasteiger partial charge in [0.05, 0.1) is 10.7 Å². The van der Waals surface area contributed by atoms with Crippen molar-refractivity contribution < 1.29 is 4.39 Å². The highest BCUT2D eigenvalue weighted by atomic mass is 32.1. The van der Waals surface area contributed by atoms with Crippen molar-refractivity contribution in [1.82, 2.24) is 10.3 Å². The van der Waals surface area contributed by atoms with E-state index in [-0.39, 0.29) is 0 Å². The van der Waals surface area contributed by atoms with Gasteiger partial charge in [-0.3, -0.25) is 0 Å². The van der Waals surface area contributed by atoms with Gasteiger partial charge in [0.2, 0.25) is 0 Å². The summed E-state index contributed by atoms with van der Waals surface area (Å²) in [5.74, 6) is 0.535. The first-order valence-corrected chi connectivity index (χ1v) is 6.31. The Labute approximate surface area is 93.9 Å². The molecular formula is C11H17FN2S. The maximum Gasteiger partial charge on any atom is 0.148 e. The SMILES string of the molecule is CC(C)(F)c1csc(C2CCNCC2)n1. The van der Waals surface area contributed by atoms with E-state index in [2.05, 4.69) is 10.3 Å². The van der Waals surface area contributed by atoms with Gasteiger partial charge in [-0.1, -0.05) is 0 Å². The molecule has 2 nitrogen and oxygen atoms in total. The van der Waals surface area contributed by atoms with E-state index in [0.717, 1.165) is 30.9 Å². The summed E-state index contributed by atoms with van der Waals surface area (Å²) in [5.41, 5.74) is -0.720. The third-order valence-electron chi connectivity index (χ3n) is 2.82. The minimum absolute atomic E-state index is 0.535. The monoisotopic (exact) mass is 228 g/mol. The minimum atomic E-state index is -1.30. The van der Waals surface area contributed by atoms with Crippen molar-refractivity contribution in [3.63, 3.8) is 0 Å². The molecule has 1 N–H and O–H groups in total. The van der Waals surface area contributed by atoms with Crippen LogP contribution in [0.3, 0.4) is 0 Å². The molecule has 0 amide bonds. The van der Waals surface area contributed by atoms with E-state index >= 15 is 0 Å². The van der Waals surface area contributed by atoms with Gasteiger partial charge in [-0.05, 0) is 39.8 Å². The molecule has 1 aromatic rings. The van der Waals surface area contributed by atoms with Gasteiger partial charge in [0, 0.05) is 11.3 Å². The Morgan fingerprint density at radius 2 is 2.13 bits per heavy atom. The molecule has 0 radical (unpaired) electrons. The highest BCUT2D eigenvalue weighted by Gasteiger charge is 2.25. The summed E-state index contributed by atoms with van der Waals surface area (Å²) >= 11 is 1.60. The van der Waals surface area contributed by atoms with Crippen molar-refractivity contribution in [2.24, 2.45) is 0 Å². The highest BCUT2D eigenvalue weighted by Crippen LogP contribution is 2.32. The Hall–Kier alpha value is -0.480. The second-order valence-electron chi connectivity index (χ2n) is 4.57. The molecule has 1 aliphatic rings. The molecule has 1 saturated heterocycles. The Bertz CT molecular complexity index is 324. The summed E-state index contributed by atoms with van der Waals surface area (Å²) in [6, 6.07) is 0. The summed E-state index contributed by atoms with van der Waals surface area (Å²) in [7, 11) is 0. The lowest BCUT2D eigenvalue weighted by Crippen LogP contribution is -2.26. The molecule has 1 aromatic heterocycles. The Kier molecular flexibility index (Phi) is 3.07. The molecule has 0 spiro atoms. The number of rotatable bonds is 2. The fourth-order valence-corrected chi connectivity index (χ4v) is 2.96. The number of aromatic nitrogens is 1. The molecule has 0 bridgehead atoms. The van der Waals surface area contributed by atoms with E-state index in [0.29, 0.717) is 11.6 Å². The van der Waals surface area contributed by atoms with Crippen molar-refractivity contribution in [2.45, 2.75) is 38.3 Å². The van der Waals surface area contributed by atoms with E-state index < -0.39 is 5.67 Å². The van der Waals surface area contributed by atoms with Crippen LogP contribution in [0.25, 0.3) is 0 Å². The van der Waals surface area contributed by atoms with Gasteiger partial charge in [-0.2, -0.15) is 0 Å². The van der Waals surface area contributed by atoms with Crippen LogP contribution in [-0.2, 0) is 5.67 Å². The van der Waals surface area contributed by atoms with Crippen LogP contribution in [0.2, 0.25) is 0 Å². The maximum atomic E-state index is 13.6. The third kappa shape index (κ3) is 2.55. The van der Waals surface area contributed by atoms with Gasteiger partial charge < -0.3 is 5.32 Å². The van der Waals surface area contributed by atoms with E-state index in [1.54, 1.807) is 25.2 Å². The Morgan fingerprint density at radius 1 is 1.47 bits per heavy atom. The van der Waals surface area contributed by atoms with Crippen molar-refractivity contribution >= 4 is 11.3 Å². The molecule has 0 aromatic carbocycles. The first-order chi connectivity index (χ1) is 7.07. The quantitative estimate of drug-likeness (QED) is 0.842. The van der Waals surface area contributed by atoms with Gasteiger partial charge in [0.15, 0.2) is 0 Å². The topological polar surface area (TPSA) is 24.9 Å². The number of thiazole rings is 1. The van der Waals surface area contributed by atoms with Crippen LogP contribution in [0.4, 0.5) is 4.39 Å². The standard InChI is InChI=1S/C11H17FN2S/c1-11(2,12)9-7-15-10(14-9)8-3-5-13-6-4-8/h7-8,13H,3-6H2,1-2H3. The van der Waals surface area contributed by atoms with Gasteiger partial charge in [-0.25, -0.2) is 9.37 Å². The lowest BCUT2D eigenvalue weighted by molar-refractivity contribution is 0.215. The molecule has 4 heteroatoms. The highest BCUT2D eigenvalue weighted by molar-refractivity contribution is 7.09. The number of alkyl halides is 1. The number of nitrogens with one attached hydrogen (secondary N) is 1. The summed E-state index contributed by atoms with van der Waals surface area (Å²) in [4.78, 5) is 4.42. The number of nitrogens with zero attached hydrogens (tertiary/aromatic N) is 1. The summed E-state index contributed by atoms with van der Waals surface area (Å²) in [6.07, 6.45) is 2.25. The molecule has 2 heterocycles. The average Bonchev–Trinajstić information content (AvgIpc) is 2.67. The average molecular weight is 228 g/mol. The molecule has 84 valence electrons. The largest absolute Gasteiger partial charge is 0.317 e. The van der Waals surface area contributed by atoms with Crippen molar-refractivity contribution in [2.75, 3.05) is 13.1 Å². The van der Waals surface area contributed by atoms with Crippen molar-refractivity contribution in [1.29, 1.82) is 0 Å². The molecule has 2 rings (SSSR count). The molecule has 0 saturated carbocycles. The molecule has 1 fully saturated rings. The van der Waals surface area contributed by atoms with Gasteiger partial charge >= 0.3 is 0 Å². The van der Waals surface area contributed by atoms with Crippen molar-refractivity contribution in [3.05, 3.63) is 16.1 Å². The van der Waals surface area contributed by atoms with E-state index in [4.69, 9.17) is 0 Å². The Balaban J connectivity index is 2.12. The zero-order valence-electron chi connectivity index (χ0n) is 9.22. The lowest BCUT2D eigenvalue weighted by atomic mass is 9.99. The minimum Gasteiger partial charge on any atom is -0.317 e. The zero-order valence-corrected chi connectivity index (χ0v) is 10.0. The molecule has 15 heavy (non-hydrogen) atoms. The fourth-order valence-electron chi connectivity index (χ4n) is 1.82. The number of hydrogen-bond donors (Lipinski definition) is 1. The predicted molar refractivity (Wildman–Crippen MR) is 61.1 cm³/mol. The van der Waals surface area contributed by atoms with E-state index in [1.807, 2.05) is 5.38 Å². The van der Waals surface area contributed by atoms with Crippen molar-refractivity contribution in [3.8, 4) is 0 Å². The third-order valence-corrected chi connectivity index (χ3v) is 3.83. The van der Waals surface area contributed by atoms with Crippen LogP contribution >= 0.6 is 11.3 Å². The van der Waals surface area contributed by atoms with Crippen LogP contribution in [0.5, 0.6) is 0 Å². The summed E-state index contributed by atoms with van der Waals surface area (Å²) < 4.78 is 13.6. The van der Waals surface area contributed by atoms with Gasteiger partial charge in [0.25, 0.3) is 0 Å². The van der Waals surface area contributed by atoms with Crippen LogP contribution in [0, 0.1) is 0 Å². The van der Waals surface area contributed by atoms with Crippen LogP contribution in [0.1, 0.15) is 43.3 Å². The first kappa shape index (κ1) is 11.0. The zero-order chi connectivity index (χ0) is 10.9. The number of hydrogen-bond acceptors (Lipinski definition) is 3. The summed E-state index contributed by atoms with van der Waals surface area (Å²) in [5, 5.41) is 6.29. The fraction of sp³-hybridized carbons (Fsp3) is 0.727. The molecule has 0 atom stereocenters. The van der Waals surface area contributed by atoms with Crippen LogP contribution in [0.15, 0.2) is 5.38 Å². The molecule has 0 unspecified atom stereocenters. The molecular weight excluding hydrogens is 211 g/mol. The number of piperidine rings is 1. The molecule has 1 aliphatic heterocycles. The van der Waals surface area contributed by atoms with Gasteiger partial charge in [-0.15, -0.1) is 11.3 Å². The van der Waals surface area contributed by atoms with E-state index in [1.165, 1.54) is 0 Å². The molecule has 0 aliphatic carbocycles. The second kappa shape index (κ2) is 4.18. The van der Waals surface area contributed by atoms with Crippen LogP contribution < -0.4 is 5.32 Å². The summed E-state index contributed by atoms with van der Waals surface area (Å²) in [6.45, 7) is 5.24. The Morgan fingerprint density at radius 3 is 2.67 bits per heavy atom. The predicted octanol–water partition coefficient (Wildman–Crippen LogP) is 2.81. The van der Waals surface area contributed by atoms with Gasteiger partial charge in [0.1, 0.15) is 5.67 Å². The first-order valence-electron chi connectivity index (χ1n) is 5.43. The van der Waals surface area contributed by atoms with Crippen LogP contribution in [-0.4, -0.2) is 18.1 Å². The normalized spacial score (nSPS) is 19.4. The maximum absolute atomic E-state index is 13.6. The number of halogens is 1. The second-order valence-corrected chi connectivity index (χ2v) is 5.46.